The van der Waals surface area contributed by atoms with Crippen LogP contribution < -0.4 is 14.5 Å². The molecule has 0 unspecified atom stereocenters. The highest BCUT2D eigenvalue weighted by Gasteiger charge is 2.37. The number of carbonyl (C=O) groups excluding carboxylic acids is 1. The van der Waals surface area contributed by atoms with Gasteiger partial charge in [0.1, 0.15) is 29.1 Å². The Morgan fingerprint density at radius 1 is 1.22 bits per heavy atom. The summed E-state index contributed by atoms with van der Waals surface area (Å²) in [6.45, 7) is 5.82. The normalized spacial score (nSPS) is 20.2. The van der Waals surface area contributed by atoms with Crippen molar-refractivity contribution < 1.29 is 18.3 Å². The smallest absolute Gasteiger partial charge is 0.282 e. The van der Waals surface area contributed by atoms with Gasteiger partial charge in [0.15, 0.2) is 5.83 Å². The Bertz CT molecular complexity index is 1750. The Balaban J connectivity index is 1.41. The van der Waals surface area contributed by atoms with Crippen LogP contribution in [0.25, 0.3) is 10.9 Å². The van der Waals surface area contributed by atoms with E-state index in [1.165, 1.54) is 11.0 Å². The van der Waals surface area contributed by atoms with E-state index in [4.69, 9.17) is 21.3 Å². The van der Waals surface area contributed by atoms with Crippen molar-refractivity contribution in [2.24, 2.45) is 0 Å². The van der Waals surface area contributed by atoms with Crippen molar-refractivity contribution in [1.82, 2.24) is 25.0 Å². The number of amides is 1. The maximum absolute atomic E-state index is 14.9. The third kappa shape index (κ3) is 5.62. The number of H-pyrrole nitrogens is 1. The van der Waals surface area contributed by atoms with E-state index >= 15 is 0 Å². The second kappa shape index (κ2) is 12.5. The lowest BCUT2D eigenvalue weighted by Crippen LogP contribution is -2.55. The quantitative estimate of drug-likeness (QED) is 0.382. The SMILES string of the molecule is C=C(F)C(=O)N1CCN(c2c(C#N)c(OC[C@@H]3CCCN3C)nc3c2CCN(c2c(Cl)c(F)cc4[nH]ncc24)C3)C[C@@H]1CC#N. The fraction of sp³-hybridized carbons (Fsp3) is 0.452. The Morgan fingerprint density at radius 2 is 2.04 bits per heavy atom. The summed E-state index contributed by atoms with van der Waals surface area (Å²) in [4.78, 5) is 24.9. The summed E-state index contributed by atoms with van der Waals surface area (Å²) in [6, 6.07) is 5.30. The van der Waals surface area contributed by atoms with Crippen molar-refractivity contribution in [3.63, 3.8) is 0 Å². The van der Waals surface area contributed by atoms with E-state index in [1.807, 2.05) is 16.8 Å². The molecule has 6 rings (SSSR count). The molecule has 3 aromatic rings. The molecule has 2 aromatic heterocycles. The molecule has 11 nitrogen and oxygen atoms in total. The number of piperazine rings is 1. The number of nitriles is 2. The molecule has 2 atom stereocenters. The van der Waals surface area contributed by atoms with E-state index in [2.05, 4.69) is 33.8 Å². The minimum atomic E-state index is -1.08. The van der Waals surface area contributed by atoms with Gasteiger partial charge in [-0.1, -0.05) is 18.2 Å². The topological polar surface area (TPSA) is 128 Å². The van der Waals surface area contributed by atoms with Gasteiger partial charge in [-0.3, -0.25) is 9.89 Å². The number of carbonyl (C=O) groups is 1. The Morgan fingerprint density at radius 3 is 2.76 bits per heavy atom. The molecule has 1 N–H and O–H groups in total. The van der Waals surface area contributed by atoms with Crippen LogP contribution in [0.3, 0.4) is 0 Å². The van der Waals surface area contributed by atoms with Crippen molar-refractivity contribution in [3.8, 4) is 18.0 Å². The second-order valence-electron chi connectivity index (χ2n) is 11.7. The second-order valence-corrected chi connectivity index (χ2v) is 12.0. The van der Waals surface area contributed by atoms with Crippen LogP contribution in [0.4, 0.5) is 20.2 Å². The van der Waals surface area contributed by atoms with Gasteiger partial charge >= 0.3 is 0 Å². The summed E-state index contributed by atoms with van der Waals surface area (Å²) in [5, 5.41) is 27.5. The minimum absolute atomic E-state index is 0.0171. The zero-order valence-corrected chi connectivity index (χ0v) is 25.6. The van der Waals surface area contributed by atoms with Gasteiger partial charge in [0.05, 0.1) is 53.9 Å². The highest BCUT2D eigenvalue weighted by molar-refractivity contribution is 6.35. The number of pyridine rings is 1. The molecule has 2 fully saturated rings. The molecule has 14 heteroatoms. The Kier molecular flexibility index (Phi) is 8.49. The molecular formula is C31H32ClF2N9O2. The van der Waals surface area contributed by atoms with E-state index in [0.29, 0.717) is 54.1 Å². The van der Waals surface area contributed by atoms with Crippen LogP contribution in [-0.2, 0) is 17.8 Å². The molecule has 2 saturated heterocycles. The summed E-state index contributed by atoms with van der Waals surface area (Å²) in [7, 11) is 2.04. The van der Waals surface area contributed by atoms with Crippen LogP contribution >= 0.6 is 11.6 Å². The first-order chi connectivity index (χ1) is 21.7. The summed E-state index contributed by atoms with van der Waals surface area (Å²) >= 11 is 6.51. The fourth-order valence-corrected chi connectivity index (χ4v) is 7.01. The summed E-state index contributed by atoms with van der Waals surface area (Å²) < 4.78 is 35.0. The van der Waals surface area contributed by atoms with Gasteiger partial charge in [0.25, 0.3) is 5.91 Å². The van der Waals surface area contributed by atoms with E-state index in [1.54, 1.807) is 6.20 Å². The van der Waals surface area contributed by atoms with Crippen LogP contribution in [0.5, 0.6) is 5.88 Å². The highest BCUT2D eigenvalue weighted by Crippen LogP contribution is 2.42. The number of ether oxygens (including phenoxy) is 1. The van der Waals surface area contributed by atoms with E-state index < -0.39 is 23.6 Å². The number of benzene rings is 1. The average molecular weight is 636 g/mol. The first kappa shape index (κ1) is 30.6. The molecule has 1 amide bonds. The lowest BCUT2D eigenvalue weighted by atomic mass is 9.96. The van der Waals surface area contributed by atoms with Crippen LogP contribution in [0.1, 0.15) is 36.1 Å². The zero-order valence-electron chi connectivity index (χ0n) is 24.8. The number of hydrogen-bond donors (Lipinski definition) is 1. The first-order valence-corrected chi connectivity index (χ1v) is 15.2. The number of anilines is 2. The third-order valence-corrected chi connectivity index (χ3v) is 9.40. The van der Waals surface area contributed by atoms with Crippen LogP contribution in [-0.4, -0.2) is 89.4 Å². The van der Waals surface area contributed by atoms with Crippen molar-refractivity contribution in [2.45, 2.75) is 44.3 Å². The van der Waals surface area contributed by atoms with Crippen LogP contribution in [0, 0.1) is 28.5 Å². The summed E-state index contributed by atoms with van der Waals surface area (Å²) in [5.74, 6) is -2.30. The van der Waals surface area contributed by atoms with Crippen LogP contribution in [0.2, 0.25) is 5.02 Å². The summed E-state index contributed by atoms with van der Waals surface area (Å²) in [6.07, 6.45) is 4.06. The molecule has 0 aliphatic carbocycles. The predicted molar refractivity (Wildman–Crippen MR) is 164 cm³/mol. The minimum Gasteiger partial charge on any atom is -0.475 e. The fourth-order valence-electron chi connectivity index (χ4n) is 6.73. The van der Waals surface area contributed by atoms with Gasteiger partial charge in [0.2, 0.25) is 5.88 Å². The van der Waals surface area contributed by atoms with Crippen LogP contribution in [0.15, 0.2) is 24.7 Å². The summed E-state index contributed by atoms with van der Waals surface area (Å²) in [5.41, 5.74) is 3.40. The van der Waals surface area contributed by atoms with E-state index in [9.17, 15) is 24.1 Å². The van der Waals surface area contributed by atoms with Crippen molar-refractivity contribution in [1.29, 1.82) is 10.5 Å². The lowest BCUT2D eigenvalue weighted by Gasteiger charge is -2.43. The molecule has 3 aliphatic heterocycles. The monoisotopic (exact) mass is 635 g/mol. The Labute approximate surface area is 264 Å². The molecule has 0 saturated carbocycles. The van der Waals surface area contributed by atoms with Gasteiger partial charge in [0, 0.05) is 49.2 Å². The number of fused-ring (bicyclic) bond motifs is 2. The Hall–Kier alpha value is -4.46. The maximum Gasteiger partial charge on any atom is 0.282 e. The van der Waals surface area contributed by atoms with Crippen molar-refractivity contribution >= 4 is 39.8 Å². The molecule has 0 radical (unpaired) electrons. The lowest BCUT2D eigenvalue weighted by molar-refractivity contribution is -0.131. The van der Waals surface area contributed by atoms with Gasteiger partial charge in [-0.25, -0.2) is 13.8 Å². The van der Waals surface area contributed by atoms with Gasteiger partial charge in [-0.15, -0.1) is 0 Å². The number of nitrogens with one attached hydrogen (secondary N) is 1. The molecular weight excluding hydrogens is 604 g/mol. The standard InChI is InChI=1S/C31H32ClF2N9O2/c1-18(33)31(44)43-11-10-42(15-19(43)5-7-35)28-21-6-9-41(29-23-14-37-39-25(23)12-24(34)27(29)32)16-26(21)38-30(22(28)13-36)45-17-20-4-3-8-40(20)2/h12,14,19-20H,1,3-6,8-11,15-17H2,2H3,(H,37,39)/t19-,20-/m0/s1. The zero-order chi connectivity index (χ0) is 31.8. The average Bonchev–Trinajstić information content (AvgIpc) is 3.67. The van der Waals surface area contributed by atoms with Gasteiger partial charge in [-0.05, 0) is 32.9 Å². The van der Waals surface area contributed by atoms with Crippen molar-refractivity contribution in [3.05, 3.63) is 52.3 Å². The molecule has 3 aliphatic rings. The largest absolute Gasteiger partial charge is 0.475 e. The van der Waals surface area contributed by atoms with E-state index in [0.717, 1.165) is 24.9 Å². The molecule has 0 spiro atoms. The molecule has 5 heterocycles. The number of likely N-dealkylation sites (N-methyl/N-ethyl adjacent to an activating group) is 1. The molecule has 45 heavy (non-hydrogen) atoms. The highest BCUT2D eigenvalue weighted by atomic mass is 35.5. The maximum atomic E-state index is 14.9. The molecule has 0 bridgehead atoms. The number of nitrogens with zero attached hydrogens (tertiary/aromatic N) is 8. The number of rotatable bonds is 7. The molecule has 1 aromatic carbocycles. The van der Waals surface area contributed by atoms with Gasteiger partial charge < -0.3 is 24.3 Å². The third-order valence-electron chi connectivity index (χ3n) is 9.04. The number of hydrogen-bond acceptors (Lipinski definition) is 9. The number of aromatic amines is 1. The van der Waals surface area contributed by atoms with Crippen molar-refractivity contribution in [2.75, 3.05) is 56.2 Å². The molecule has 234 valence electrons. The van der Waals surface area contributed by atoms with E-state index in [-0.39, 0.29) is 48.6 Å². The number of likely N-dealkylation sites (tertiary alicyclic amines) is 1. The number of aromatic nitrogens is 3. The van der Waals surface area contributed by atoms with Gasteiger partial charge in [-0.2, -0.15) is 15.6 Å². The predicted octanol–water partition coefficient (Wildman–Crippen LogP) is 4.07. The first-order valence-electron chi connectivity index (χ1n) is 14.8. The number of halogens is 3.